The third kappa shape index (κ3) is 4.55. The van der Waals surface area contributed by atoms with E-state index in [4.69, 9.17) is 9.72 Å². The second-order valence-electron chi connectivity index (χ2n) is 16.5. The second kappa shape index (κ2) is 10.9. The van der Waals surface area contributed by atoms with Gasteiger partial charge in [-0.05, 0) is 38.9 Å². The minimum atomic E-state index is -0.106. The van der Waals surface area contributed by atoms with Crippen LogP contribution in [0.5, 0.6) is 11.5 Å². The van der Waals surface area contributed by atoms with Crippen molar-refractivity contribution in [2.24, 2.45) is 12.5 Å². The van der Waals surface area contributed by atoms with Gasteiger partial charge in [0.1, 0.15) is 0 Å². The Labute approximate surface area is 306 Å². The first-order chi connectivity index (χ1) is 23.5. The molecule has 4 aromatic carbocycles. The fourth-order valence-corrected chi connectivity index (χ4v) is 8.95. The molecule has 0 bridgehead atoms. The van der Waals surface area contributed by atoms with Gasteiger partial charge in [0.15, 0.2) is 0 Å². The molecule has 50 heavy (non-hydrogen) atoms. The Morgan fingerprint density at radius 3 is 2.18 bits per heavy atom. The number of benzene rings is 4. The van der Waals surface area contributed by atoms with E-state index < -0.39 is 0 Å². The summed E-state index contributed by atoms with van der Waals surface area (Å²) in [5.41, 5.74) is 9.26. The summed E-state index contributed by atoms with van der Waals surface area (Å²) < 4.78 is 14.5. The Kier molecular flexibility index (Phi) is 7.18. The van der Waals surface area contributed by atoms with E-state index in [1.807, 2.05) is 24.4 Å². The van der Waals surface area contributed by atoms with Crippen molar-refractivity contribution in [3.63, 3.8) is 0 Å². The first kappa shape index (κ1) is 33.0. The number of ether oxygens (including phenoxy) is 1. The molecule has 0 atom stereocenters. The van der Waals surface area contributed by atoms with Crippen molar-refractivity contribution in [3.05, 3.63) is 118 Å². The van der Waals surface area contributed by atoms with Crippen LogP contribution < -0.4 is 4.74 Å². The van der Waals surface area contributed by atoms with Gasteiger partial charge in [0.05, 0.1) is 0 Å². The third-order valence-corrected chi connectivity index (χ3v) is 13.5. The maximum atomic E-state index is 6.60. The SMILES string of the molecule is Cn1[c](=[Pt])n(-c2[c-]c(Oc3[c-]c4c(cc3)c3ccc5c(c3n4-c3cc(C(C)(C)C)ccn3)C(C)(C)C(C)(C)C5(C)C)ccc2)c2ccccc21. The minimum absolute atomic E-state index is 0.0113. The quantitative estimate of drug-likeness (QED) is 0.166. The van der Waals surface area contributed by atoms with Crippen LogP contribution in [0.3, 0.4) is 0 Å². The summed E-state index contributed by atoms with van der Waals surface area (Å²) in [6, 6.07) is 35.0. The van der Waals surface area contributed by atoms with Crippen LogP contribution in [0, 0.1) is 21.4 Å². The number of rotatable bonds is 4. The van der Waals surface area contributed by atoms with Crippen molar-refractivity contribution in [3.8, 4) is 23.0 Å². The van der Waals surface area contributed by atoms with Gasteiger partial charge in [0.25, 0.3) is 0 Å². The zero-order valence-electron chi connectivity index (χ0n) is 30.6. The van der Waals surface area contributed by atoms with Crippen LogP contribution >= 0.6 is 0 Å². The normalized spacial score (nSPS) is 16.4. The van der Waals surface area contributed by atoms with Gasteiger partial charge in [-0.15, -0.1) is 0 Å². The molecule has 3 aromatic heterocycles. The monoisotopic (exact) mass is 839 g/mol. The molecule has 3 heterocycles. The van der Waals surface area contributed by atoms with E-state index in [0.717, 1.165) is 37.2 Å². The van der Waals surface area contributed by atoms with Crippen LogP contribution in [0.2, 0.25) is 0 Å². The third-order valence-electron chi connectivity index (χ3n) is 12.2. The van der Waals surface area contributed by atoms with Crippen LogP contribution in [-0.2, 0) is 42.6 Å². The maximum absolute atomic E-state index is 6.60. The Balaban J connectivity index is 1.34. The summed E-state index contributed by atoms with van der Waals surface area (Å²) in [7, 11) is 2.09. The molecule has 0 saturated carbocycles. The second-order valence-corrected chi connectivity index (χ2v) is 17.5. The molecule has 5 nitrogen and oxygen atoms in total. The molecule has 1 aliphatic rings. The van der Waals surface area contributed by atoms with Crippen LogP contribution in [0.1, 0.15) is 79.0 Å². The number of hydrogen-bond acceptors (Lipinski definition) is 2. The summed E-state index contributed by atoms with van der Waals surface area (Å²) >= 11 is 2.38. The summed E-state index contributed by atoms with van der Waals surface area (Å²) in [6.45, 7) is 21.2. The van der Waals surface area contributed by atoms with E-state index in [-0.39, 0.29) is 21.7 Å². The van der Waals surface area contributed by atoms with E-state index in [1.54, 1.807) is 0 Å². The molecule has 7 aromatic rings. The average molecular weight is 840 g/mol. The molecule has 6 heteroatoms. The van der Waals surface area contributed by atoms with E-state index in [9.17, 15) is 0 Å². The molecule has 0 radical (unpaired) electrons. The van der Waals surface area contributed by atoms with E-state index in [0.29, 0.717) is 11.5 Å². The molecule has 0 spiro atoms. The number of hydrogen-bond donors (Lipinski definition) is 0. The fraction of sp³-hybridized carbons (Fsp3) is 0.318. The molecular weight excluding hydrogens is 796 g/mol. The molecule has 0 amide bonds. The Morgan fingerprint density at radius 1 is 0.740 bits per heavy atom. The van der Waals surface area contributed by atoms with Gasteiger partial charge in [-0.25, -0.2) is 0 Å². The molecule has 0 N–H and O–H groups in total. The predicted octanol–water partition coefficient (Wildman–Crippen LogP) is 10.8. The van der Waals surface area contributed by atoms with Gasteiger partial charge in [0, 0.05) is 6.20 Å². The number of aromatic nitrogens is 4. The van der Waals surface area contributed by atoms with E-state index >= 15 is 0 Å². The number of para-hydroxylation sites is 2. The summed E-state index contributed by atoms with van der Waals surface area (Å²) in [5.74, 6) is 2.17. The van der Waals surface area contributed by atoms with Crippen molar-refractivity contribution in [2.45, 2.75) is 78.6 Å². The summed E-state index contributed by atoms with van der Waals surface area (Å²) in [6.07, 6.45) is 1.95. The van der Waals surface area contributed by atoms with Gasteiger partial charge < -0.3 is 0 Å². The van der Waals surface area contributed by atoms with Crippen molar-refractivity contribution in [1.29, 1.82) is 0 Å². The molecule has 0 aliphatic heterocycles. The Bertz CT molecular complexity index is 2570. The van der Waals surface area contributed by atoms with E-state index in [2.05, 4.69) is 175 Å². The zero-order valence-corrected chi connectivity index (χ0v) is 32.9. The Hall–Kier alpha value is -4.21. The van der Waals surface area contributed by atoms with Crippen LogP contribution in [-0.4, -0.2) is 18.7 Å². The van der Waals surface area contributed by atoms with Gasteiger partial charge in [0.2, 0.25) is 0 Å². The molecular formula is C44H44N4OPt-2. The first-order valence-electron chi connectivity index (χ1n) is 17.4. The van der Waals surface area contributed by atoms with Crippen molar-refractivity contribution < 1.29 is 24.1 Å². The molecule has 258 valence electrons. The van der Waals surface area contributed by atoms with Crippen molar-refractivity contribution >= 4 is 32.8 Å². The number of imidazole rings is 1. The van der Waals surface area contributed by atoms with Crippen LogP contribution in [0.4, 0.5) is 0 Å². The van der Waals surface area contributed by atoms with Crippen LogP contribution in [0.15, 0.2) is 85.1 Å². The van der Waals surface area contributed by atoms with E-state index in [1.165, 1.54) is 27.6 Å². The molecule has 0 unspecified atom stereocenters. The topological polar surface area (TPSA) is 36.9 Å². The van der Waals surface area contributed by atoms with Gasteiger partial charge in [-0.1, -0.05) is 68.4 Å². The predicted molar refractivity (Wildman–Crippen MR) is 200 cm³/mol. The Morgan fingerprint density at radius 2 is 1.44 bits per heavy atom. The molecule has 0 saturated heterocycles. The zero-order chi connectivity index (χ0) is 35.5. The van der Waals surface area contributed by atoms with Crippen LogP contribution in [0.25, 0.3) is 44.3 Å². The fourth-order valence-electron chi connectivity index (χ4n) is 8.13. The number of fused-ring (bicyclic) bond motifs is 6. The molecule has 0 fully saturated rings. The standard InChI is InChI=1S/C44H44N4O.Pt/c1-41(2,3)28-22-23-45-38(24-28)48-37-26-31(49-30-15-13-14-29(25-30)47-27-46(10)35-16-11-12-17-36(35)47)18-19-32(37)33-20-21-34-39(40(33)48)43(6,7)44(8,9)42(34,4)5;/h11-24H,1-10H3;/q-2;. The molecule has 1 aliphatic carbocycles. The average Bonchev–Trinajstić information content (AvgIpc) is 3.57. The van der Waals surface area contributed by atoms with Gasteiger partial charge in [-0.3, -0.25) is 0 Å². The summed E-state index contributed by atoms with van der Waals surface area (Å²) in [4.78, 5) is 5.03. The van der Waals surface area contributed by atoms with Crippen molar-refractivity contribution in [2.75, 3.05) is 0 Å². The van der Waals surface area contributed by atoms with Crippen molar-refractivity contribution in [1.82, 2.24) is 18.7 Å². The van der Waals surface area contributed by atoms with Gasteiger partial charge in [-0.2, -0.15) is 0 Å². The molecule has 8 rings (SSSR count). The number of nitrogens with zero attached hydrogens (tertiary/aromatic N) is 4. The first-order valence-corrected chi connectivity index (χ1v) is 18.5. The number of pyridine rings is 1. The number of aryl methyl sites for hydroxylation is 1. The van der Waals surface area contributed by atoms with Gasteiger partial charge >= 0.3 is 194 Å². The summed E-state index contributed by atoms with van der Waals surface area (Å²) in [5, 5.41) is 2.34.